The first-order valence-corrected chi connectivity index (χ1v) is 5.90. The topological polar surface area (TPSA) is 45.8 Å². The van der Waals surface area contributed by atoms with Gasteiger partial charge in [0, 0.05) is 18.3 Å². The van der Waals surface area contributed by atoms with Crippen LogP contribution >= 0.6 is 0 Å². The molecule has 3 rings (SSSR count). The Kier molecular flexibility index (Phi) is 2.52. The van der Waals surface area contributed by atoms with E-state index >= 15 is 0 Å². The van der Waals surface area contributed by atoms with Crippen LogP contribution in [0.1, 0.15) is 23.7 Å². The van der Waals surface area contributed by atoms with Gasteiger partial charge < -0.3 is 4.98 Å². The molecule has 0 aliphatic heterocycles. The minimum Gasteiger partial charge on any atom is -0.348 e. The smallest absolute Gasteiger partial charge is 0.144 e. The maximum Gasteiger partial charge on any atom is 0.144 e. The number of ketones is 1. The fourth-order valence-corrected chi connectivity index (χ4v) is 2.31. The zero-order chi connectivity index (χ0) is 11.7. The molecule has 1 aliphatic carbocycles. The van der Waals surface area contributed by atoms with E-state index in [0.29, 0.717) is 18.1 Å². The third-order valence-electron chi connectivity index (χ3n) is 3.33. The number of Topliss-reactive ketones (excluding diaryl/α,β-unsaturated/α-hetero) is 1. The number of carbonyl (C=O) groups excluding carboxylic acids is 1. The number of hydrogen-bond donors (Lipinski definition) is 1. The molecule has 0 spiro atoms. The monoisotopic (exact) mass is 226 g/mol. The molecule has 3 nitrogen and oxygen atoms in total. The van der Waals surface area contributed by atoms with E-state index in [1.165, 1.54) is 5.56 Å². The second-order valence-corrected chi connectivity index (χ2v) is 4.54. The third kappa shape index (κ3) is 2.13. The van der Waals surface area contributed by atoms with Gasteiger partial charge in [0.25, 0.3) is 0 Å². The van der Waals surface area contributed by atoms with Crippen molar-refractivity contribution in [1.29, 1.82) is 0 Å². The Morgan fingerprint density at radius 3 is 2.88 bits per heavy atom. The van der Waals surface area contributed by atoms with Crippen molar-refractivity contribution in [2.24, 2.45) is 5.92 Å². The lowest BCUT2D eigenvalue weighted by atomic mass is 10.1. The number of H-pyrrole nitrogens is 1. The average molecular weight is 226 g/mol. The van der Waals surface area contributed by atoms with Crippen LogP contribution in [-0.2, 0) is 11.2 Å². The second-order valence-electron chi connectivity index (χ2n) is 4.54. The molecule has 0 radical (unpaired) electrons. The summed E-state index contributed by atoms with van der Waals surface area (Å²) < 4.78 is 0. The van der Waals surface area contributed by atoms with Crippen molar-refractivity contribution in [3.63, 3.8) is 0 Å². The summed E-state index contributed by atoms with van der Waals surface area (Å²) in [6, 6.07) is 10.3. The van der Waals surface area contributed by atoms with Crippen molar-refractivity contribution in [3.8, 4) is 0 Å². The molecule has 2 atom stereocenters. The SMILES string of the molecule is O=C(Cc1ncc[nH]1)C1CC1c1ccccc1. The summed E-state index contributed by atoms with van der Waals surface area (Å²) in [4.78, 5) is 19.1. The van der Waals surface area contributed by atoms with Crippen LogP contribution in [0, 0.1) is 5.92 Å². The Bertz CT molecular complexity index is 504. The van der Waals surface area contributed by atoms with E-state index in [4.69, 9.17) is 0 Å². The molecule has 3 heteroatoms. The van der Waals surface area contributed by atoms with Crippen LogP contribution in [0.15, 0.2) is 42.7 Å². The third-order valence-corrected chi connectivity index (χ3v) is 3.33. The number of benzene rings is 1. The molecule has 1 saturated carbocycles. The largest absolute Gasteiger partial charge is 0.348 e. The lowest BCUT2D eigenvalue weighted by molar-refractivity contribution is -0.119. The quantitative estimate of drug-likeness (QED) is 0.869. The number of imidazole rings is 1. The van der Waals surface area contributed by atoms with E-state index < -0.39 is 0 Å². The Morgan fingerprint density at radius 1 is 1.35 bits per heavy atom. The van der Waals surface area contributed by atoms with Gasteiger partial charge in [0.15, 0.2) is 0 Å². The van der Waals surface area contributed by atoms with Gasteiger partial charge in [-0.15, -0.1) is 0 Å². The van der Waals surface area contributed by atoms with E-state index in [1.54, 1.807) is 12.4 Å². The van der Waals surface area contributed by atoms with E-state index in [0.717, 1.165) is 12.2 Å². The molecule has 86 valence electrons. The van der Waals surface area contributed by atoms with Crippen molar-refractivity contribution in [2.75, 3.05) is 0 Å². The Morgan fingerprint density at radius 2 is 2.18 bits per heavy atom. The van der Waals surface area contributed by atoms with Crippen molar-refractivity contribution in [1.82, 2.24) is 9.97 Å². The van der Waals surface area contributed by atoms with Crippen molar-refractivity contribution in [3.05, 3.63) is 54.1 Å². The standard InChI is InChI=1S/C14H14N2O/c17-13(9-14-15-6-7-16-14)12-8-11(12)10-4-2-1-3-5-10/h1-7,11-12H,8-9H2,(H,15,16). The van der Waals surface area contributed by atoms with Gasteiger partial charge in [0.05, 0.1) is 6.42 Å². The molecule has 1 aromatic heterocycles. The molecular weight excluding hydrogens is 212 g/mol. The summed E-state index contributed by atoms with van der Waals surface area (Å²) in [5.74, 6) is 1.70. The zero-order valence-corrected chi connectivity index (χ0v) is 9.47. The number of nitrogens with zero attached hydrogens (tertiary/aromatic N) is 1. The highest BCUT2D eigenvalue weighted by Crippen LogP contribution is 2.48. The van der Waals surface area contributed by atoms with Crippen LogP contribution in [0.25, 0.3) is 0 Å². The highest BCUT2D eigenvalue weighted by molar-refractivity contribution is 5.86. The van der Waals surface area contributed by atoms with Crippen LogP contribution in [-0.4, -0.2) is 15.8 Å². The van der Waals surface area contributed by atoms with Crippen LogP contribution < -0.4 is 0 Å². The van der Waals surface area contributed by atoms with E-state index in [1.807, 2.05) is 18.2 Å². The maximum absolute atomic E-state index is 12.0. The molecule has 1 aromatic carbocycles. The minimum atomic E-state index is 0.197. The Hall–Kier alpha value is -1.90. The summed E-state index contributed by atoms with van der Waals surface area (Å²) in [5, 5.41) is 0. The molecule has 2 unspecified atom stereocenters. The molecule has 17 heavy (non-hydrogen) atoms. The molecule has 1 aliphatic rings. The number of nitrogens with one attached hydrogen (secondary N) is 1. The van der Waals surface area contributed by atoms with E-state index in [9.17, 15) is 4.79 Å². The molecule has 1 heterocycles. The van der Waals surface area contributed by atoms with Gasteiger partial charge in [-0.1, -0.05) is 30.3 Å². The lowest BCUT2D eigenvalue weighted by Gasteiger charge is -1.99. The van der Waals surface area contributed by atoms with Gasteiger partial charge in [0.1, 0.15) is 11.6 Å². The van der Waals surface area contributed by atoms with Gasteiger partial charge in [-0.05, 0) is 17.9 Å². The average Bonchev–Trinajstić information content (AvgIpc) is 3.02. The number of hydrogen-bond acceptors (Lipinski definition) is 2. The summed E-state index contributed by atoms with van der Waals surface area (Å²) >= 11 is 0. The minimum absolute atomic E-state index is 0.197. The van der Waals surface area contributed by atoms with Gasteiger partial charge in [-0.25, -0.2) is 4.98 Å². The van der Waals surface area contributed by atoms with Crippen LogP contribution in [0.5, 0.6) is 0 Å². The van der Waals surface area contributed by atoms with Gasteiger partial charge in [-0.2, -0.15) is 0 Å². The van der Waals surface area contributed by atoms with Crippen LogP contribution in [0.2, 0.25) is 0 Å². The summed E-state index contributed by atoms with van der Waals surface area (Å²) in [6.07, 6.45) is 4.86. The number of aromatic nitrogens is 2. The Labute approximate surface area is 99.9 Å². The fraction of sp³-hybridized carbons (Fsp3) is 0.286. The molecule has 0 amide bonds. The van der Waals surface area contributed by atoms with Crippen LogP contribution in [0.3, 0.4) is 0 Å². The number of aromatic amines is 1. The maximum atomic E-state index is 12.0. The Balaban J connectivity index is 1.63. The first-order chi connectivity index (χ1) is 8.34. The van der Waals surface area contributed by atoms with Gasteiger partial charge in [0.2, 0.25) is 0 Å². The predicted molar refractivity (Wildman–Crippen MR) is 64.6 cm³/mol. The first-order valence-electron chi connectivity index (χ1n) is 5.90. The molecular formula is C14H14N2O. The zero-order valence-electron chi connectivity index (χ0n) is 9.47. The first kappa shape index (κ1) is 10.3. The number of carbonyl (C=O) groups is 1. The van der Waals surface area contributed by atoms with Gasteiger partial charge in [-0.3, -0.25) is 4.79 Å². The van der Waals surface area contributed by atoms with Gasteiger partial charge >= 0.3 is 0 Å². The molecule has 1 fully saturated rings. The fourth-order valence-electron chi connectivity index (χ4n) is 2.31. The summed E-state index contributed by atoms with van der Waals surface area (Å²) in [6.45, 7) is 0. The number of rotatable bonds is 4. The van der Waals surface area contributed by atoms with E-state index in [-0.39, 0.29) is 5.92 Å². The molecule has 1 N–H and O–H groups in total. The van der Waals surface area contributed by atoms with Crippen molar-refractivity contribution >= 4 is 5.78 Å². The predicted octanol–water partition coefficient (Wildman–Crippen LogP) is 2.33. The second kappa shape index (κ2) is 4.17. The highest BCUT2D eigenvalue weighted by Gasteiger charge is 2.43. The van der Waals surface area contributed by atoms with Crippen molar-refractivity contribution in [2.45, 2.75) is 18.8 Å². The van der Waals surface area contributed by atoms with E-state index in [2.05, 4.69) is 22.1 Å². The normalized spacial score (nSPS) is 22.4. The van der Waals surface area contributed by atoms with Crippen molar-refractivity contribution < 1.29 is 4.79 Å². The molecule has 0 bridgehead atoms. The highest BCUT2D eigenvalue weighted by atomic mass is 16.1. The molecule has 0 saturated heterocycles. The summed E-state index contributed by atoms with van der Waals surface area (Å²) in [7, 11) is 0. The molecule has 2 aromatic rings. The van der Waals surface area contributed by atoms with Crippen LogP contribution in [0.4, 0.5) is 0 Å². The lowest BCUT2D eigenvalue weighted by Crippen LogP contribution is -2.07. The summed E-state index contributed by atoms with van der Waals surface area (Å²) in [5.41, 5.74) is 1.28.